The molecule has 2 aliphatic rings. The lowest BCUT2D eigenvalue weighted by atomic mass is 9.82. The first-order valence-corrected chi connectivity index (χ1v) is 12.9. The monoisotopic (exact) mass is 505 g/mol. The number of likely N-dealkylation sites (N-methyl/N-ethyl adjacent to an activating group) is 1. The molecule has 0 saturated carbocycles. The van der Waals surface area contributed by atoms with Gasteiger partial charge in [-0.3, -0.25) is 4.79 Å². The molecule has 1 amide bonds. The average molecular weight is 506 g/mol. The Labute approximate surface area is 199 Å². The zero-order valence-corrected chi connectivity index (χ0v) is 20.9. The summed E-state index contributed by atoms with van der Waals surface area (Å²) in [6, 6.07) is 0.517. The normalized spacial score (nSPS) is 24.0. The third-order valence-corrected chi connectivity index (χ3v) is 9.80. The third-order valence-electron chi connectivity index (χ3n) is 7.34. The molecule has 0 radical (unpaired) electrons. The summed E-state index contributed by atoms with van der Waals surface area (Å²) >= 11 is 0. The van der Waals surface area contributed by atoms with E-state index in [1.54, 1.807) is 4.90 Å². The van der Waals surface area contributed by atoms with E-state index in [-0.39, 0.29) is 43.1 Å². The number of sulfonamides is 1. The van der Waals surface area contributed by atoms with Gasteiger partial charge in [-0.25, -0.2) is 25.9 Å². The first kappa shape index (κ1) is 26.9. The Hall–Kier alpha value is -1.69. The maximum absolute atomic E-state index is 14.1. The number of fused-ring (bicyclic) bond motifs is 2. The predicted octanol–water partition coefficient (Wildman–Crippen LogP) is 2.43. The number of halogens is 3. The van der Waals surface area contributed by atoms with Crippen LogP contribution in [0.4, 0.5) is 13.2 Å². The van der Waals surface area contributed by atoms with Crippen molar-refractivity contribution >= 4 is 15.9 Å². The fourth-order valence-corrected chi connectivity index (χ4v) is 6.61. The molecule has 2 bridgehead atoms. The number of rotatable bonds is 9. The molecule has 1 aromatic rings. The van der Waals surface area contributed by atoms with Crippen LogP contribution >= 0.6 is 0 Å². The van der Waals surface area contributed by atoms with Crippen molar-refractivity contribution in [3.05, 3.63) is 35.1 Å². The van der Waals surface area contributed by atoms with E-state index in [0.29, 0.717) is 18.9 Å². The van der Waals surface area contributed by atoms with Crippen LogP contribution in [0.1, 0.15) is 45.1 Å². The van der Waals surface area contributed by atoms with Crippen LogP contribution in [-0.4, -0.2) is 73.7 Å². The molecule has 0 aromatic heterocycles. The van der Waals surface area contributed by atoms with Crippen molar-refractivity contribution in [2.75, 3.05) is 27.3 Å². The Morgan fingerprint density at radius 3 is 2.29 bits per heavy atom. The summed E-state index contributed by atoms with van der Waals surface area (Å²) in [5.41, 5.74) is 6.37. The van der Waals surface area contributed by atoms with Gasteiger partial charge < -0.3 is 15.4 Å². The van der Waals surface area contributed by atoms with Gasteiger partial charge in [-0.15, -0.1) is 0 Å². The molecule has 0 aliphatic carbocycles. The highest BCUT2D eigenvalue weighted by molar-refractivity contribution is 7.91. The Morgan fingerprint density at radius 2 is 1.74 bits per heavy atom. The molecule has 1 aromatic carbocycles. The zero-order chi connectivity index (χ0) is 25.4. The molecular weight excluding hydrogens is 471 g/mol. The van der Waals surface area contributed by atoms with Crippen LogP contribution in [0.5, 0.6) is 0 Å². The fraction of sp³-hybridized carbons (Fsp3) is 0.696. The number of ether oxygens (including phenoxy) is 1. The van der Waals surface area contributed by atoms with Gasteiger partial charge in [-0.1, -0.05) is 0 Å². The van der Waals surface area contributed by atoms with Crippen molar-refractivity contribution in [2.24, 2.45) is 11.7 Å². The second kappa shape index (κ2) is 10.1. The number of carbonyl (C=O) groups excluding carboxylic acids is 1. The quantitative estimate of drug-likeness (QED) is 0.521. The number of methoxy groups -OCH3 is 1. The molecule has 11 heteroatoms. The Balaban J connectivity index is 1.72. The standard InChI is InChI=1S/C23H34F3N3O4S/c1-23(2,34(31,32)28(3)7-8-33-4)22(30)29-16-5-6-17(29)10-15(9-16)21(27)12-14-11-19(25)20(26)13-18(14)24/h11,13,15-17,21H,5-10,12,27H2,1-4H3/t15-,16-,17+,21-/m1/s1. The maximum Gasteiger partial charge on any atom is 0.245 e. The van der Waals surface area contributed by atoms with Gasteiger partial charge in [0.2, 0.25) is 15.9 Å². The third kappa shape index (κ3) is 4.98. The Kier molecular flexibility index (Phi) is 8.01. The molecule has 4 atom stereocenters. The molecule has 2 fully saturated rings. The minimum absolute atomic E-state index is 0.0172. The highest BCUT2D eigenvalue weighted by Gasteiger charge is 2.53. The molecule has 0 spiro atoms. The lowest BCUT2D eigenvalue weighted by molar-refractivity contribution is -0.138. The second-order valence-corrected chi connectivity index (χ2v) is 12.5. The van der Waals surface area contributed by atoms with Gasteiger partial charge in [0.05, 0.1) is 6.61 Å². The lowest BCUT2D eigenvalue weighted by Gasteiger charge is -2.44. The number of benzene rings is 1. The van der Waals surface area contributed by atoms with Gasteiger partial charge in [-0.05, 0) is 63.5 Å². The van der Waals surface area contributed by atoms with E-state index in [4.69, 9.17) is 10.5 Å². The summed E-state index contributed by atoms with van der Waals surface area (Å²) in [6.45, 7) is 3.21. The molecule has 0 unspecified atom stereocenters. The van der Waals surface area contributed by atoms with Crippen molar-refractivity contribution in [3.63, 3.8) is 0 Å². The van der Waals surface area contributed by atoms with E-state index < -0.39 is 44.2 Å². The van der Waals surface area contributed by atoms with Crippen LogP contribution in [0.15, 0.2) is 12.1 Å². The molecule has 192 valence electrons. The topological polar surface area (TPSA) is 92.9 Å². The molecular formula is C23H34F3N3O4S. The minimum Gasteiger partial charge on any atom is -0.383 e. The number of nitrogens with zero attached hydrogens (tertiary/aromatic N) is 2. The number of hydrogen-bond acceptors (Lipinski definition) is 5. The van der Waals surface area contributed by atoms with E-state index in [2.05, 4.69) is 0 Å². The number of carbonyl (C=O) groups is 1. The number of piperidine rings is 1. The van der Waals surface area contributed by atoms with Crippen molar-refractivity contribution < 1.29 is 31.1 Å². The van der Waals surface area contributed by atoms with Crippen LogP contribution in [-0.2, 0) is 26.0 Å². The van der Waals surface area contributed by atoms with E-state index in [9.17, 15) is 26.4 Å². The molecule has 3 rings (SSSR count). The summed E-state index contributed by atoms with van der Waals surface area (Å²) in [5, 5.41) is 0. The second-order valence-electron chi connectivity index (χ2n) is 9.88. The summed E-state index contributed by atoms with van der Waals surface area (Å²) in [7, 11) is -1.02. The number of amides is 1. The number of hydrogen-bond donors (Lipinski definition) is 1. The van der Waals surface area contributed by atoms with Gasteiger partial charge >= 0.3 is 0 Å². The van der Waals surface area contributed by atoms with Crippen LogP contribution in [0.2, 0.25) is 0 Å². The van der Waals surface area contributed by atoms with Crippen LogP contribution in [0.3, 0.4) is 0 Å². The van der Waals surface area contributed by atoms with E-state index in [1.807, 2.05) is 0 Å². The SMILES string of the molecule is COCCN(C)S(=O)(=O)C(C)(C)C(=O)N1[C@@H]2CC[C@H]1C[C@H]([C@H](N)Cc1cc(F)c(F)cc1F)C2. The van der Waals surface area contributed by atoms with Crippen molar-refractivity contribution in [1.82, 2.24) is 9.21 Å². The van der Waals surface area contributed by atoms with Crippen molar-refractivity contribution in [2.45, 2.75) is 68.8 Å². The van der Waals surface area contributed by atoms with Gasteiger partial charge in [-0.2, -0.15) is 0 Å². The number of nitrogens with two attached hydrogens (primary N) is 1. The van der Waals surface area contributed by atoms with E-state index in [0.717, 1.165) is 23.2 Å². The van der Waals surface area contributed by atoms with Crippen LogP contribution in [0.25, 0.3) is 0 Å². The van der Waals surface area contributed by atoms with Crippen LogP contribution < -0.4 is 5.73 Å². The Morgan fingerprint density at radius 1 is 1.18 bits per heavy atom. The predicted molar refractivity (Wildman–Crippen MR) is 122 cm³/mol. The van der Waals surface area contributed by atoms with Crippen molar-refractivity contribution in [1.29, 1.82) is 0 Å². The highest BCUT2D eigenvalue weighted by Crippen LogP contribution is 2.42. The smallest absolute Gasteiger partial charge is 0.245 e. The van der Waals surface area contributed by atoms with E-state index in [1.165, 1.54) is 28.0 Å². The van der Waals surface area contributed by atoms with Gasteiger partial charge in [0.1, 0.15) is 5.82 Å². The first-order valence-electron chi connectivity index (χ1n) is 11.5. The van der Waals surface area contributed by atoms with Gasteiger partial charge in [0, 0.05) is 44.9 Å². The molecule has 2 heterocycles. The molecule has 34 heavy (non-hydrogen) atoms. The van der Waals surface area contributed by atoms with Crippen molar-refractivity contribution in [3.8, 4) is 0 Å². The largest absolute Gasteiger partial charge is 0.383 e. The first-order chi connectivity index (χ1) is 15.8. The highest BCUT2D eigenvalue weighted by atomic mass is 32.2. The van der Waals surface area contributed by atoms with Crippen LogP contribution in [0, 0.1) is 23.4 Å². The van der Waals surface area contributed by atoms with E-state index >= 15 is 0 Å². The Bertz CT molecular complexity index is 1010. The molecule has 2 N–H and O–H groups in total. The van der Waals surface area contributed by atoms with Gasteiger partial charge in [0.25, 0.3) is 0 Å². The fourth-order valence-electron chi connectivity index (χ4n) is 5.19. The zero-order valence-electron chi connectivity index (χ0n) is 20.1. The molecule has 2 saturated heterocycles. The maximum atomic E-state index is 14.1. The summed E-state index contributed by atoms with van der Waals surface area (Å²) in [4.78, 5) is 15.2. The lowest BCUT2D eigenvalue weighted by Crippen LogP contribution is -2.59. The summed E-state index contributed by atoms with van der Waals surface area (Å²) in [6.07, 6.45) is 2.60. The molecule has 7 nitrogen and oxygen atoms in total. The summed E-state index contributed by atoms with van der Waals surface area (Å²) in [5.74, 6) is -3.70. The molecule has 2 aliphatic heterocycles. The van der Waals surface area contributed by atoms with Gasteiger partial charge in [0.15, 0.2) is 16.4 Å². The average Bonchev–Trinajstić information content (AvgIpc) is 3.03. The minimum atomic E-state index is -3.93. The summed E-state index contributed by atoms with van der Waals surface area (Å²) < 4.78 is 71.7.